The summed E-state index contributed by atoms with van der Waals surface area (Å²) in [6.07, 6.45) is 0. The Morgan fingerprint density at radius 2 is 1.88 bits per heavy atom. The van der Waals surface area contributed by atoms with E-state index in [4.69, 9.17) is 9.47 Å². The minimum Gasteiger partial charge on any atom is -0.486 e. The molecule has 17 heavy (non-hydrogen) atoms. The molecule has 1 aromatic rings. The highest BCUT2D eigenvalue weighted by atomic mass is 79.9. The van der Waals surface area contributed by atoms with Gasteiger partial charge in [-0.25, -0.2) is 8.42 Å². The molecular formula is C10H12BrNO4S. The van der Waals surface area contributed by atoms with E-state index in [0.29, 0.717) is 34.9 Å². The molecule has 1 N–H and O–H groups in total. The molecule has 0 unspecified atom stereocenters. The lowest BCUT2D eigenvalue weighted by Crippen LogP contribution is -2.17. The van der Waals surface area contributed by atoms with E-state index in [2.05, 4.69) is 20.7 Å². The van der Waals surface area contributed by atoms with Gasteiger partial charge >= 0.3 is 0 Å². The van der Waals surface area contributed by atoms with Crippen molar-refractivity contribution < 1.29 is 17.9 Å². The molecule has 7 heteroatoms. The molecule has 1 aliphatic rings. The van der Waals surface area contributed by atoms with E-state index in [1.54, 1.807) is 19.1 Å². The predicted octanol–water partition coefficient (Wildman–Crippen LogP) is 1.98. The van der Waals surface area contributed by atoms with Crippen LogP contribution in [-0.4, -0.2) is 27.4 Å². The molecule has 0 aliphatic carbocycles. The summed E-state index contributed by atoms with van der Waals surface area (Å²) in [6, 6.07) is 3.31. The predicted molar refractivity (Wildman–Crippen MR) is 68.2 cm³/mol. The molecule has 1 aromatic carbocycles. The van der Waals surface area contributed by atoms with Crippen LogP contribution in [-0.2, 0) is 10.0 Å². The maximum atomic E-state index is 11.5. The van der Waals surface area contributed by atoms with Crippen LogP contribution in [0.1, 0.15) is 6.92 Å². The first-order chi connectivity index (χ1) is 8.02. The Balaban J connectivity index is 2.35. The molecule has 1 aliphatic heterocycles. The van der Waals surface area contributed by atoms with Crippen LogP contribution in [0.2, 0.25) is 0 Å². The van der Waals surface area contributed by atoms with Gasteiger partial charge in [-0.1, -0.05) is 0 Å². The number of fused-ring (bicyclic) bond motifs is 1. The summed E-state index contributed by atoms with van der Waals surface area (Å²) >= 11 is 3.29. The quantitative estimate of drug-likeness (QED) is 0.924. The minimum atomic E-state index is -3.30. The third-order valence-corrected chi connectivity index (χ3v) is 4.22. The average molecular weight is 322 g/mol. The monoisotopic (exact) mass is 321 g/mol. The first kappa shape index (κ1) is 12.5. The SMILES string of the molecule is CCS(=O)(=O)Nc1cc2c(cc1Br)OCCO2. The topological polar surface area (TPSA) is 64.6 Å². The van der Waals surface area contributed by atoms with E-state index in [1.165, 1.54) is 0 Å². The number of halogens is 1. The van der Waals surface area contributed by atoms with Gasteiger partial charge in [-0.05, 0) is 22.9 Å². The van der Waals surface area contributed by atoms with Crippen molar-refractivity contribution in [2.75, 3.05) is 23.7 Å². The molecule has 2 rings (SSSR count). The lowest BCUT2D eigenvalue weighted by atomic mass is 10.2. The van der Waals surface area contributed by atoms with E-state index in [1.807, 2.05) is 0 Å². The first-order valence-corrected chi connectivity index (χ1v) is 7.56. The van der Waals surface area contributed by atoms with Crippen LogP contribution in [0.4, 0.5) is 5.69 Å². The van der Waals surface area contributed by atoms with Crippen LogP contribution in [0, 0.1) is 0 Å². The van der Waals surface area contributed by atoms with Crippen molar-refractivity contribution >= 4 is 31.6 Å². The summed E-state index contributed by atoms with van der Waals surface area (Å²) in [7, 11) is -3.30. The smallest absolute Gasteiger partial charge is 0.232 e. The second-order valence-electron chi connectivity index (χ2n) is 3.48. The van der Waals surface area contributed by atoms with Gasteiger partial charge in [0, 0.05) is 16.6 Å². The van der Waals surface area contributed by atoms with Crippen LogP contribution in [0.3, 0.4) is 0 Å². The molecule has 0 aromatic heterocycles. The molecule has 0 saturated heterocycles. The number of hydrogen-bond donors (Lipinski definition) is 1. The minimum absolute atomic E-state index is 0.0217. The van der Waals surface area contributed by atoms with E-state index in [0.717, 1.165) is 0 Å². The van der Waals surface area contributed by atoms with Crippen LogP contribution in [0.25, 0.3) is 0 Å². The first-order valence-electron chi connectivity index (χ1n) is 5.11. The third kappa shape index (κ3) is 2.84. The second-order valence-corrected chi connectivity index (χ2v) is 6.35. The van der Waals surface area contributed by atoms with Crippen LogP contribution in [0.15, 0.2) is 16.6 Å². The number of nitrogens with one attached hydrogen (secondary N) is 1. The van der Waals surface area contributed by atoms with Gasteiger partial charge in [0.2, 0.25) is 10.0 Å². The van der Waals surface area contributed by atoms with Crippen LogP contribution < -0.4 is 14.2 Å². The standard InChI is InChI=1S/C10H12BrNO4S/c1-2-17(13,14)12-8-6-10-9(5-7(8)11)15-3-4-16-10/h5-6,12H,2-4H2,1H3. The largest absolute Gasteiger partial charge is 0.486 e. The van der Waals surface area contributed by atoms with Crippen LogP contribution in [0.5, 0.6) is 11.5 Å². The number of hydrogen-bond acceptors (Lipinski definition) is 4. The third-order valence-electron chi connectivity index (χ3n) is 2.28. The van der Waals surface area contributed by atoms with Gasteiger partial charge in [-0.2, -0.15) is 0 Å². The highest BCUT2D eigenvalue weighted by Gasteiger charge is 2.17. The number of ether oxygens (including phenoxy) is 2. The van der Waals surface area contributed by atoms with Crippen LogP contribution >= 0.6 is 15.9 Å². The Hall–Kier alpha value is -0.950. The molecule has 0 bridgehead atoms. The number of rotatable bonds is 3. The molecule has 0 amide bonds. The van der Waals surface area contributed by atoms with Gasteiger partial charge in [0.1, 0.15) is 13.2 Å². The Bertz CT molecular complexity index is 529. The molecule has 0 saturated carbocycles. The molecule has 5 nitrogen and oxygen atoms in total. The number of benzene rings is 1. The molecule has 0 radical (unpaired) electrons. The lowest BCUT2D eigenvalue weighted by Gasteiger charge is -2.20. The zero-order valence-corrected chi connectivity index (χ0v) is 11.6. The van der Waals surface area contributed by atoms with Gasteiger partial charge in [-0.15, -0.1) is 0 Å². The summed E-state index contributed by atoms with van der Waals surface area (Å²) in [5.41, 5.74) is 0.455. The van der Waals surface area contributed by atoms with Crippen molar-refractivity contribution in [2.24, 2.45) is 0 Å². The summed E-state index contributed by atoms with van der Waals surface area (Å²) < 4.78 is 36.8. The summed E-state index contributed by atoms with van der Waals surface area (Å²) in [6.45, 7) is 2.54. The molecular weight excluding hydrogens is 310 g/mol. The van der Waals surface area contributed by atoms with Crippen molar-refractivity contribution in [1.82, 2.24) is 0 Å². The van der Waals surface area contributed by atoms with E-state index in [-0.39, 0.29) is 5.75 Å². The Morgan fingerprint density at radius 3 is 2.47 bits per heavy atom. The summed E-state index contributed by atoms with van der Waals surface area (Å²) in [4.78, 5) is 0. The van der Waals surface area contributed by atoms with Gasteiger partial charge in [0.25, 0.3) is 0 Å². The van der Waals surface area contributed by atoms with Gasteiger partial charge in [0.15, 0.2) is 11.5 Å². The zero-order chi connectivity index (χ0) is 12.5. The molecule has 94 valence electrons. The van der Waals surface area contributed by atoms with Crippen molar-refractivity contribution in [1.29, 1.82) is 0 Å². The van der Waals surface area contributed by atoms with Gasteiger partial charge in [-0.3, -0.25) is 4.72 Å². The van der Waals surface area contributed by atoms with E-state index in [9.17, 15) is 8.42 Å². The fraction of sp³-hybridized carbons (Fsp3) is 0.400. The number of anilines is 1. The highest BCUT2D eigenvalue weighted by molar-refractivity contribution is 9.10. The number of sulfonamides is 1. The highest BCUT2D eigenvalue weighted by Crippen LogP contribution is 2.38. The normalized spacial score (nSPS) is 14.5. The molecule has 0 atom stereocenters. The molecule has 1 heterocycles. The van der Waals surface area contributed by atoms with Gasteiger partial charge in [0.05, 0.1) is 11.4 Å². The fourth-order valence-electron chi connectivity index (χ4n) is 1.38. The van der Waals surface area contributed by atoms with Crippen molar-refractivity contribution in [3.8, 4) is 11.5 Å². The summed E-state index contributed by atoms with van der Waals surface area (Å²) in [5.74, 6) is 1.18. The second kappa shape index (κ2) is 4.73. The Morgan fingerprint density at radius 1 is 1.29 bits per heavy atom. The maximum Gasteiger partial charge on any atom is 0.232 e. The maximum absolute atomic E-state index is 11.5. The fourth-order valence-corrected chi connectivity index (χ4v) is 2.58. The lowest BCUT2D eigenvalue weighted by molar-refractivity contribution is 0.171. The van der Waals surface area contributed by atoms with E-state index >= 15 is 0 Å². The zero-order valence-electron chi connectivity index (χ0n) is 9.20. The Labute approximate surface area is 108 Å². The summed E-state index contributed by atoms with van der Waals surface area (Å²) in [5, 5.41) is 0. The molecule has 0 spiro atoms. The average Bonchev–Trinajstić information content (AvgIpc) is 2.30. The van der Waals surface area contributed by atoms with Crippen molar-refractivity contribution in [3.05, 3.63) is 16.6 Å². The van der Waals surface area contributed by atoms with Crippen molar-refractivity contribution in [2.45, 2.75) is 6.92 Å². The van der Waals surface area contributed by atoms with Gasteiger partial charge < -0.3 is 9.47 Å². The molecule has 0 fully saturated rings. The van der Waals surface area contributed by atoms with Crippen molar-refractivity contribution in [3.63, 3.8) is 0 Å². The Kier molecular flexibility index (Phi) is 3.48. The van der Waals surface area contributed by atoms with E-state index < -0.39 is 10.0 Å².